The minimum atomic E-state index is -3.92. The van der Waals surface area contributed by atoms with Gasteiger partial charge in [0, 0.05) is 24.3 Å². The molecular formula is C17H19FN2O3S. The third-order valence-electron chi connectivity index (χ3n) is 3.52. The molecule has 2 rings (SSSR count). The van der Waals surface area contributed by atoms with Crippen LogP contribution in [0.25, 0.3) is 0 Å². The van der Waals surface area contributed by atoms with Gasteiger partial charge in [0.2, 0.25) is 0 Å². The minimum Gasteiger partial charge on any atom is -0.339 e. The summed E-state index contributed by atoms with van der Waals surface area (Å²) in [5.41, 5.74) is 0.635. The Morgan fingerprint density at radius 1 is 1.08 bits per heavy atom. The number of halogens is 1. The molecule has 0 fully saturated rings. The quantitative estimate of drug-likeness (QED) is 0.870. The van der Waals surface area contributed by atoms with E-state index in [9.17, 15) is 17.6 Å². The highest BCUT2D eigenvalue weighted by Crippen LogP contribution is 2.18. The fraction of sp³-hybridized carbons (Fsp3) is 0.235. The van der Waals surface area contributed by atoms with Crippen molar-refractivity contribution in [3.05, 3.63) is 59.9 Å². The van der Waals surface area contributed by atoms with E-state index in [1.807, 2.05) is 13.8 Å². The number of benzene rings is 2. The number of nitrogens with zero attached hydrogens (tertiary/aromatic N) is 1. The molecule has 0 aromatic heterocycles. The van der Waals surface area contributed by atoms with Gasteiger partial charge in [-0.05, 0) is 50.2 Å². The third-order valence-corrected chi connectivity index (χ3v) is 4.90. The van der Waals surface area contributed by atoms with Crippen LogP contribution in [0, 0.1) is 5.82 Å². The number of anilines is 1. The van der Waals surface area contributed by atoms with Gasteiger partial charge in [-0.2, -0.15) is 0 Å². The Labute approximate surface area is 141 Å². The summed E-state index contributed by atoms with van der Waals surface area (Å²) >= 11 is 0. The Bertz CT molecular complexity index is 833. The number of rotatable bonds is 6. The normalized spacial score (nSPS) is 11.1. The molecule has 0 saturated carbocycles. The minimum absolute atomic E-state index is 0.174. The van der Waals surface area contributed by atoms with Gasteiger partial charge >= 0.3 is 0 Å². The van der Waals surface area contributed by atoms with Crippen molar-refractivity contribution in [1.29, 1.82) is 0 Å². The van der Waals surface area contributed by atoms with Crippen molar-refractivity contribution in [3.63, 3.8) is 0 Å². The van der Waals surface area contributed by atoms with Crippen molar-refractivity contribution in [3.8, 4) is 0 Å². The summed E-state index contributed by atoms with van der Waals surface area (Å²) in [6, 6.07) is 11.0. The third kappa shape index (κ3) is 4.11. The first-order valence-electron chi connectivity index (χ1n) is 7.55. The fourth-order valence-corrected chi connectivity index (χ4v) is 3.34. The number of nitrogens with one attached hydrogen (secondary N) is 1. The first-order valence-corrected chi connectivity index (χ1v) is 9.03. The molecule has 0 aliphatic heterocycles. The molecule has 2 aromatic rings. The maximum atomic E-state index is 13.2. The van der Waals surface area contributed by atoms with E-state index < -0.39 is 15.8 Å². The molecule has 0 atom stereocenters. The van der Waals surface area contributed by atoms with Gasteiger partial charge in [-0.3, -0.25) is 9.52 Å². The fourth-order valence-electron chi connectivity index (χ4n) is 2.26. The second kappa shape index (κ2) is 7.44. The topological polar surface area (TPSA) is 66.5 Å². The van der Waals surface area contributed by atoms with Crippen LogP contribution in [0.15, 0.2) is 53.4 Å². The van der Waals surface area contributed by atoms with Crippen molar-refractivity contribution in [2.45, 2.75) is 18.7 Å². The Kier molecular flexibility index (Phi) is 5.56. The maximum absolute atomic E-state index is 13.2. The van der Waals surface area contributed by atoms with E-state index in [0.29, 0.717) is 18.7 Å². The predicted molar refractivity (Wildman–Crippen MR) is 90.9 cm³/mol. The lowest BCUT2D eigenvalue weighted by Gasteiger charge is -2.19. The van der Waals surface area contributed by atoms with Crippen molar-refractivity contribution >= 4 is 21.6 Å². The number of hydrogen-bond donors (Lipinski definition) is 1. The van der Waals surface area contributed by atoms with Gasteiger partial charge in [-0.15, -0.1) is 0 Å². The Balaban J connectivity index is 2.28. The molecule has 0 aliphatic rings. The van der Waals surface area contributed by atoms with Gasteiger partial charge in [0.05, 0.1) is 4.90 Å². The van der Waals surface area contributed by atoms with Crippen LogP contribution in [0.1, 0.15) is 24.2 Å². The Hall–Kier alpha value is -2.41. The summed E-state index contributed by atoms with van der Waals surface area (Å²) in [5, 5.41) is 0. The average molecular weight is 350 g/mol. The van der Waals surface area contributed by atoms with E-state index >= 15 is 0 Å². The first kappa shape index (κ1) is 17.9. The SMILES string of the molecule is CCN(CC)C(=O)c1cccc(NS(=O)(=O)c2cccc(F)c2)c1. The summed E-state index contributed by atoms with van der Waals surface area (Å²) in [6.45, 7) is 4.87. The summed E-state index contributed by atoms with van der Waals surface area (Å²) < 4.78 is 40.2. The molecule has 24 heavy (non-hydrogen) atoms. The van der Waals surface area contributed by atoms with Gasteiger partial charge < -0.3 is 4.90 Å². The van der Waals surface area contributed by atoms with E-state index in [2.05, 4.69) is 4.72 Å². The molecule has 0 saturated heterocycles. The largest absolute Gasteiger partial charge is 0.339 e. The molecule has 5 nitrogen and oxygen atoms in total. The highest BCUT2D eigenvalue weighted by molar-refractivity contribution is 7.92. The molecule has 0 bridgehead atoms. The summed E-state index contributed by atoms with van der Waals surface area (Å²) in [6.07, 6.45) is 0. The van der Waals surface area contributed by atoms with Gasteiger partial charge in [-0.1, -0.05) is 12.1 Å². The van der Waals surface area contributed by atoms with E-state index in [-0.39, 0.29) is 16.5 Å². The summed E-state index contributed by atoms with van der Waals surface area (Å²) in [5.74, 6) is -0.810. The smallest absolute Gasteiger partial charge is 0.261 e. The van der Waals surface area contributed by atoms with Crippen LogP contribution in [0.3, 0.4) is 0 Å². The second-order valence-electron chi connectivity index (χ2n) is 5.12. The van der Waals surface area contributed by atoms with Crippen LogP contribution in [0.5, 0.6) is 0 Å². The number of amides is 1. The van der Waals surface area contributed by atoms with Gasteiger partial charge in [0.1, 0.15) is 5.82 Å². The molecule has 0 aliphatic carbocycles. The molecule has 0 unspecified atom stereocenters. The summed E-state index contributed by atoms with van der Waals surface area (Å²) in [4.78, 5) is 13.8. The molecule has 1 amide bonds. The van der Waals surface area contributed by atoms with Crippen LogP contribution in [0.2, 0.25) is 0 Å². The van der Waals surface area contributed by atoms with Crippen LogP contribution in [-0.4, -0.2) is 32.3 Å². The van der Waals surface area contributed by atoms with Crippen LogP contribution in [-0.2, 0) is 10.0 Å². The van der Waals surface area contributed by atoms with Crippen LogP contribution in [0.4, 0.5) is 10.1 Å². The summed E-state index contributed by atoms with van der Waals surface area (Å²) in [7, 11) is -3.92. The van der Waals surface area contributed by atoms with E-state index in [1.54, 1.807) is 17.0 Å². The predicted octanol–water partition coefficient (Wildman–Crippen LogP) is 3.11. The highest BCUT2D eigenvalue weighted by Gasteiger charge is 2.17. The van der Waals surface area contributed by atoms with E-state index in [1.165, 1.54) is 30.3 Å². The van der Waals surface area contributed by atoms with Crippen molar-refractivity contribution in [2.24, 2.45) is 0 Å². The number of sulfonamides is 1. The molecule has 2 aromatic carbocycles. The van der Waals surface area contributed by atoms with Gasteiger partial charge in [0.15, 0.2) is 0 Å². The molecule has 7 heteroatoms. The highest BCUT2D eigenvalue weighted by atomic mass is 32.2. The maximum Gasteiger partial charge on any atom is 0.261 e. The lowest BCUT2D eigenvalue weighted by Crippen LogP contribution is -2.30. The van der Waals surface area contributed by atoms with E-state index in [0.717, 1.165) is 6.07 Å². The van der Waals surface area contributed by atoms with Crippen LogP contribution < -0.4 is 4.72 Å². The number of carbonyl (C=O) groups excluding carboxylic acids is 1. The van der Waals surface area contributed by atoms with Gasteiger partial charge in [-0.25, -0.2) is 12.8 Å². The van der Waals surface area contributed by atoms with Crippen molar-refractivity contribution in [2.75, 3.05) is 17.8 Å². The standard InChI is InChI=1S/C17H19FN2O3S/c1-3-20(4-2)17(21)13-7-5-9-15(11-13)19-24(22,23)16-10-6-8-14(18)12-16/h5-12,19H,3-4H2,1-2H3. The zero-order valence-electron chi connectivity index (χ0n) is 13.5. The van der Waals surface area contributed by atoms with Crippen molar-refractivity contribution < 1.29 is 17.6 Å². The molecule has 1 N–H and O–H groups in total. The number of hydrogen-bond acceptors (Lipinski definition) is 3. The number of carbonyl (C=O) groups is 1. The van der Waals surface area contributed by atoms with Crippen molar-refractivity contribution in [1.82, 2.24) is 4.90 Å². The molecule has 0 spiro atoms. The first-order chi connectivity index (χ1) is 11.4. The zero-order valence-corrected chi connectivity index (χ0v) is 14.3. The van der Waals surface area contributed by atoms with Gasteiger partial charge in [0.25, 0.3) is 15.9 Å². The second-order valence-corrected chi connectivity index (χ2v) is 6.80. The molecule has 0 radical (unpaired) electrons. The zero-order chi connectivity index (χ0) is 17.7. The molecular weight excluding hydrogens is 331 g/mol. The Morgan fingerprint density at radius 2 is 1.75 bits per heavy atom. The lowest BCUT2D eigenvalue weighted by atomic mass is 10.2. The lowest BCUT2D eigenvalue weighted by molar-refractivity contribution is 0.0773. The van der Waals surface area contributed by atoms with Crippen LogP contribution >= 0.6 is 0 Å². The molecule has 0 heterocycles. The Morgan fingerprint density at radius 3 is 2.38 bits per heavy atom. The molecule has 128 valence electrons. The monoisotopic (exact) mass is 350 g/mol. The van der Waals surface area contributed by atoms with E-state index in [4.69, 9.17) is 0 Å². The average Bonchev–Trinajstić information content (AvgIpc) is 2.55.